The molecule has 0 saturated carbocycles. The van der Waals surface area contributed by atoms with Gasteiger partial charge in [-0.25, -0.2) is 4.98 Å². The van der Waals surface area contributed by atoms with Crippen molar-refractivity contribution in [1.82, 2.24) is 4.98 Å². The Morgan fingerprint density at radius 3 is 2.93 bits per heavy atom. The van der Waals surface area contributed by atoms with Gasteiger partial charge in [-0.3, -0.25) is 4.21 Å². The van der Waals surface area contributed by atoms with Crippen LogP contribution in [-0.4, -0.2) is 27.7 Å². The van der Waals surface area contributed by atoms with Gasteiger partial charge in [0, 0.05) is 6.20 Å². The average Bonchev–Trinajstić information content (AvgIpc) is 2.17. The molecule has 0 saturated heterocycles. The molecular formula is C10H16N2O2S. The summed E-state index contributed by atoms with van der Waals surface area (Å²) in [7, 11) is -1.17. The lowest BCUT2D eigenvalue weighted by molar-refractivity contribution is 0.0916. The summed E-state index contributed by atoms with van der Waals surface area (Å²) < 4.78 is 17.0. The van der Waals surface area contributed by atoms with Gasteiger partial charge in [0.05, 0.1) is 35.0 Å². The van der Waals surface area contributed by atoms with Crippen LogP contribution in [0.2, 0.25) is 0 Å². The molecule has 1 rings (SSSR count). The second-order valence-electron chi connectivity index (χ2n) is 3.37. The molecule has 5 heteroatoms. The third kappa shape index (κ3) is 3.97. The Kier molecular flexibility index (Phi) is 4.71. The van der Waals surface area contributed by atoms with E-state index in [4.69, 9.17) is 10.5 Å². The van der Waals surface area contributed by atoms with Gasteiger partial charge in [-0.1, -0.05) is 0 Å². The van der Waals surface area contributed by atoms with Crippen molar-refractivity contribution in [2.45, 2.75) is 25.0 Å². The zero-order chi connectivity index (χ0) is 11.3. The second-order valence-corrected chi connectivity index (χ2v) is 4.85. The van der Waals surface area contributed by atoms with Crippen LogP contribution in [0.3, 0.4) is 0 Å². The highest BCUT2D eigenvalue weighted by Gasteiger charge is 2.08. The number of rotatable bonds is 5. The van der Waals surface area contributed by atoms with Crippen LogP contribution in [0.5, 0.6) is 0 Å². The van der Waals surface area contributed by atoms with E-state index < -0.39 is 10.8 Å². The Hall–Kier alpha value is -0.940. The largest absolute Gasteiger partial charge is 0.396 e. The lowest BCUT2D eigenvalue weighted by atomic mass is 10.4. The van der Waals surface area contributed by atoms with E-state index >= 15 is 0 Å². The Labute approximate surface area is 92.3 Å². The van der Waals surface area contributed by atoms with Crippen molar-refractivity contribution < 1.29 is 8.95 Å². The second kappa shape index (κ2) is 5.82. The molecule has 84 valence electrons. The molecule has 0 amide bonds. The first-order valence-electron chi connectivity index (χ1n) is 4.81. The van der Waals surface area contributed by atoms with Gasteiger partial charge in [-0.15, -0.1) is 0 Å². The standard InChI is InChI=1S/C10H16N2O2S/c1-8(2)14-6-7-15(13)10-9(11)4-3-5-12-10/h3-5,8H,6-7,11H2,1-2H3. The quantitative estimate of drug-likeness (QED) is 0.822. The summed E-state index contributed by atoms with van der Waals surface area (Å²) in [5, 5.41) is 0.449. The number of hydrogen-bond acceptors (Lipinski definition) is 4. The lowest BCUT2D eigenvalue weighted by Gasteiger charge is -2.07. The molecular weight excluding hydrogens is 212 g/mol. The minimum atomic E-state index is -1.17. The van der Waals surface area contributed by atoms with Crippen LogP contribution in [0.1, 0.15) is 13.8 Å². The fourth-order valence-electron chi connectivity index (χ4n) is 1.05. The van der Waals surface area contributed by atoms with Crippen molar-refractivity contribution in [3.63, 3.8) is 0 Å². The van der Waals surface area contributed by atoms with Crippen molar-refractivity contribution in [2.24, 2.45) is 0 Å². The predicted molar refractivity (Wildman–Crippen MR) is 61.0 cm³/mol. The summed E-state index contributed by atoms with van der Waals surface area (Å²) in [6, 6.07) is 3.42. The van der Waals surface area contributed by atoms with Crippen molar-refractivity contribution in [2.75, 3.05) is 18.1 Å². The molecule has 0 aliphatic carbocycles. The third-order valence-corrected chi connectivity index (χ3v) is 3.05. The summed E-state index contributed by atoms with van der Waals surface area (Å²) in [5.41, 5.74) is 6.13. The maximum atomic E-state index is 11.7. The smallest absolute Gasteiger partial charge is 0.150 e. The highest BCUT2D eigenvalue weighted by molar-refractivity contribution is 7.85. The molecule has 1 heterocycles. The predicted octanol–water partition coefficient (Wildman–Crippen LogP) is 1.20. The van der Waals surface area contributed by atoms with Crippen molar-refractivity contribution in [3.8, 4) is 0 Å². The van der Waals surface area contributed by atoms with Crippen LogP contribution >= 0.6 is 0 Å². The first-order valence-corrected chi connectivity index (χ1v) is 6.13. The number of aromatic nitrogens is 1. The van der Waals surface area contributed by atoms with Gasteiger partial charge in [0.2, 0.25) is 0 Å². The molecule has 2 N–H and O–H groups in total. The first-order chi connectivity index (χ1) is 7.11. The van der Waals surface area contributed by atoms with Gasteiger partial charge >= 0.3 is 0 Å². The third-order valence-electron chi connectivity index (χ3n) is 1.74. The molecule has 15 heavy (non-hydrogen) atoms. The summed E-state index contributed by atoms with van der Waals surface area (Å²) in [6.45, 7) is 4.34. The molecule has 0 bridgehead atoms. The van der Waals surface area contributed by atoms with Crippen LogP contribution in [-0.2, 0) is 15.5 Å². The normalized spacial score (nSPS) is 13.0. The minimum Gasteiger partial charge on any atom is -0.396 e. The van der Waals surface area contributed by atoms with Crippen LogP contribution in [0.25, 0.3) is 0 Å². The molecule has 0 radical (unpaired) electrons. The molecule has 1 unspecified atom stereocenters. The number of ether oxygens (including phenoxy) is 1. The van der Waals surface area contributed by atoms with E-state index in [1.54, 1.807) is 18.3 Å². The number of nitrogens with zero attached hydrogens (tertiary/aromatic N) is 1. The van der Waals surface area contributed by atoms with Crippen LogP contribution in [0.4, 0.5) is 5.69 Å². The molecule has 0 aliphatic rings. The summed E-state index contributed by atoms with van der Waals surface area (Å²) in [6.07, 6.45) is 1.75. The number of pyridine rings is 1. The molecule has 1 aromatic heterocycles. The van der Waals surface area contributed by atoms with Crippen molar-refractivity contribution in [3.05, 3.63) is 18.3 Å². The number of nitrogens with two attached hydrogens (primary N) is 1. The summed E-state index contributed by atoms with van der Waals surface area (Å²) >= 11 is 0. The molecule has 4 nitrogen and oxygen atoms in total. The molecule has 1 atom stereocenters. The molecule has 0 fully saturated rings. The maximum absolute atomic E-state index is 11.7. The van der Waals surface area contributed by atoms with Crippen LogP contribution in [0, 0.1) is 0 Å². The van der Waals surface area contributed by atoms with Crippen LogP contribution < -0.4 is 5.73 Å². The van der Waals surface area contributed by atoms with Crippen molar-refractivity contribution >= 4 is 16.5 Å². The van der Waals surface area contributed by atoms with E-state index in [-0.39, 0.29) is 6.10 Å². The van der Waals surface area contributed by atoms with Gasteiger partial charge in [0.25, 0.3) is 0 Å². The van der Waals surface area contributed by atoms with Crippen LogP contribution in [0.15, 0.2) is 23.4 Å². The monoisotopic (exact) mass is 228 g/mol. The zero-order valence-electron chi connectivity index (χ0n) is 8.97. The molecule has 0 aliphatic heterocycles. The summed E-state index contributed by atoms with van der Waals surface area (Å²) in [5.74, 6) is 0.430. The Bertz CT molecular complexity index is 342. The lowest BCUT2D eigenvalue weighted by Crippen LogP contribution is -2.12. The summed E-state index contributed by atoms with van der Waals surface area (Å²) in [4.78, 5) is 4.00. The van der Waals surface area contributed by atoms with Crippen molar-refractivity contribution in [1.29, 1.82) is 0 Å². The number of nitrogen functional groups attached to an aromatic ring is 1. The van der Waals surface area contributed by atoms with Gasteiger partial charge in [0.1, 0.15) is 5.03 Å². The average molecular weight is 228 g/mol. The molecule has 0 spiro atoms. The molecule has 0 aromatic carbocycles. The van der Waals surface area contributed by atoms with E-state index in [0.717, 1.165) is 0 Å². The fraction of sp³-hybridized carbons (Fsp3) is 0.500. The van der Waals surface area contributed by atoms with E-state index in [1.165, 1.54) is 0 Å². The maximum Gasteiger partial charge on any atom is 0.150 e. The van der Waals surface area contributed by atoms with E-state index in [0.29, 0.717) is 23.1 Å². The highest BCUT2D eigenvalue weighted by atomic mass is 32.2. The van der Waals surface area contributed by atoms with Gasteiger partial charge in [-0.05, 0) is 26.0 Å². The van der Waals surface area contributed by atoms with E-state index in [9.17, 15) is 4.21 Å². The van der Waals surface area contributed by atoms with Gasteiger partial charge in [0.15, 0.2) is 0 Å². The first kappa shape index (κ1) is 12.1. The Morgan fingerprint density at radius 2 is 2.33 bits per heavy atom. The Morgan fingerprint density at radius 1 is 1.60 bits per heavy atom. The molecule has 1 aromatic rings. The van der Waals surface area contributed by atoms with E-state index in [1.807, 2.05) is 13.8 Å². The SMILES string of the molecule is CC(C)OCCS(=O)c1ncccc1N. The zero-order valence-corrected chi connectivity index (χ0v) is 9.79. The minimum absolute atomic E-state index is 0.156. The Balaban J connectivity index is 2.51. The topological polar surface area (TPSA) is 65.2 Å². The van der Waals surface area contributed by atoms with E-state index in [2.05, 4.69) is 4.98 Å². The number of hydrogen-bond donors (Lipinski definition) is 1. The fourth-order valence-corrected chi connectivity index (χ4v) is 2.00. The van der Waals surface area contributed by atoms with Gasteiger partial charge in [-0.2, -0.15) is 0 Å². The highest BCUT2D eigenvalue weighted by Crippen LogP contribution is 2.11. The number of anilines is 1. The van der Waals surface area contributed by atoms with Gasteiger partial charge < -0.3 is 10.5 Å².